The van der Waals surface area contributed by atoms with Gasteiger partial charge in [-0.2, -0.15) is 21.4 Å². The van der Waals surface area contributed by atoms with E-state index in [1.54, 1.807) is 6.07 Å². The summed E-state index contributed by atoms with van der Waals surface area (Å²) >= 11 is 0. The fourth-order valence-electron chi connectivity index (χ4n) is 8.82. The number of carboxylic acid groups (broad SMARTS) is 1. The smallest absolute Gasteiger partial charge is 0.303 e. The molecule has 0 fully saturated rings. The average molecular weight is 872 g/mol. The Labute approximate surface area is 361 Å². The van der Waals surface area contributed by atoms with Crippen LogP contribution in [-0.4, -0.2) is 66.1 Å². The molecule has 61 heavy (non-hydrogen) atoms. The van der Waals surface area contributed by atoms with Gasteiger partial charge in [-0.15, -0.1) is 0 Å². The molecule has 6 rings (SSSR count). The summed E-state index contributed by atoms with van der Waals surface area (Å²) in [6, 6.07) is 20.7. The molecular weight excluding hydrogens is 813 g/mol. The van der Waals surface area contributed by atoms with E-state index >= 15 is 0 Å². The Morgan fingerprint density at radius 3 is 2.28 bits per heavy atom. The third kappa shape index (κ3) is 10.6. The van der Waals surface area contributed by atoms with Crippen molar-refractivity contribution in [2.75, 3.05) is 23.7 Å². The number of nitrogens with zero attached hydrogens (tertiary/aromatic N) is 2. The molecule has 0 saturated carbocycles. The van der Waals surface area contributed by atoms with Gasteiger partial charge in [0, 0.05) is 53.9 Å². The lowest BCUT2D eigenvalue weighted by molar-refractivity contribution is -0.438. The van der Waals surface area contributed by atoms with Crippen molar-refractivity contribution in [1.82, 2.24) is 0 Å². The number of carbonyl (C=O) groups is 1. The SMILES string of the molecule is CCCCC[N+]1=C(/C=C/C2=C(Oc3ccc(CCC(=O)O)cc3)C(=C/C=C3/N(CCCCS(=O)(=O)O)c4ccc(S(=O)(=O)O)cc4C3(C)C)/CCC2)C(C)(C)c2ccccc21. The molecule has 0 amide bonds. The Morgan fingerprint density at radius 1 is 0.852 bits per heavy atom. The van der Waals surface area contributed by atoms with Crippen LogP contribution in [0.5, 0.6) is 5.75 Å². The molecule has 2 heterocycles. The molecule has 2 aliphatic heterocycles. The second-order valence-corrected chi connectivity index (χ2v) is 20.2. The van der Waals surface area contributed by atoms with Crippen molar-refractivity contribution in [2.24, 2.45) is 0 Å². The number of carboxylic acids is 1. The maximum absolute atomic E-state index is 12.2. The van der Waals surface area contributed by atoms with Crippen LogP contribution < -0.4 is 9.64 Å². The zero-order chi connectivity index (χ0) is 44.2. The molecule has 3 N–H and O–H groups in total. The highest BCUT2D eigenvalue weighted by Crippen LogP contribution is 2.49. The molecule has 11 nitrogen and oxygen atoms in total. The van der Waals surface area contributed by atoms with Crippen molar-refractivity contribution in [3.05, 3.63) is 130 Å². The van der Waals surface area contributed by atoms with Crippen LogP contribution >= 0.6 is 0 Å². The van der Waals surface area contributed by atoms with Gasteiger partial charge in [-0.3, -0.25) is 13.9 Å². The number of anilines is 1. The number of benzene rings is 3. The highest BCUT2D eigenvalue weighted by atomic mass is 32.2. The maximum Gasteiger partial charge on any atom is 0.303 e. The molecule has 3 aliphatic rings. The Kier molecular flexibility index (Phi) is 14.0. The van der Waals surface area contributed by atoms with Crippen LogP contribution in [0.25, 0.3) is 0 Å². The van der Waals surface area contributed by atoms with Crippen LogP contribution in [0.4, 0.5) is 11.4 Å². The van der Waals surface area contributed by atoms with E-state index in [9.17, 15) is 35.8 Å². The van der Waals surface area contributed by atoms with Crippen LogP contribution in [0.15, 0.2) is 119 Å². The van der Waals surface area contributed by atoms with E-state index in [4.69, 9.17) is 4.74 Å². The summed E-state index contributed by atoms with van der Waals surface area (Å²) < 4.78 is 76.1. The van der Waals surface area contributed by atoms with Crippen molar-refractivity contribution in [2.45, 2.75) is 115 Å². The summed E-state index contributed by atoms with van der Waals surface area (Å²) in [7, 11) is -8.62. The molecule has 0 spiro atoms. The minimum Gasteiger partial charge on any atom is -0.481 e. The lowest BCUT2D eigenvalue weighted by atomic mass is 9.81. The van der Waals surface area contributed by atoms with E-state index in [1.165, 1.54) is 29.1 Å². The van der Waals surface area contributed by atoms with E-state index in [1.807, 2.05) is 44.2 Å². The van der Waals surface area contributed by atoms with Crippen LogP contribution in [0.2, 0.25) is 0 Å². The summed E-state index contributed by atoms with van der Waals surface area (Å²) in [5, 5.41) is 9.22. The van der Waals surface area contributed by atoms with Gasteiger partial charge in [0.25, 0.3) is 20.2 Å². The van der Waals surface area contributed by atoms with Gasteiger partial charge >= 0.3 is 5.97 Å². The first kappa shape index (κ1) is 45.7. The van der Waals surface area contributed by atoms with Gasteiger partial charge in [0.2, 0.25) is 5.69 Å². The number of unbranched alkanes of at least 4 members (excludes halogenated alkanes) is 3. The number of rotatable bonds is 18. The van der Waals surface area contributed by atoms with Crippen molar-refractivity contribution in [3.63, 3.8) is 0 Å². The van der Waals surface area contributed by atoms with Crippen LogP contribution in [-0.2, 0) is 42.3 Å². The van der Waals surface area contributed by atoms with Crippen molar-refractivity contribution in [3.8, 4) is 5.75 Å². The first-order chi connectivity index (χ1) is 28.8. The monoisotopic (exact) mass is 871 g/mol. The van der Waals surface area contributed by atoms with E-state index in [-0.39, 0.29) is 28.9 Å². The molecule has 0 saturated heterocycles. The minimum atomic E-state index is -4.48. The number of fused-ring (bicyclic) bond motifs is 2. The van der Waals surface area contributed by atoms with E-state index < -0.39 is 31.6 Å². The molecule has 13 heteroatoms. The second kappa shape index (κ2) is 18.7. The zero-order valence-electron chi connectivity index (χ0n) is 35.9. The Bertz CT molecular complexity index is 2530. The third-order valence-corrected chi connectivity index (χ3v) is 13.8. The summed E-state index contributed by atoms with van der Waals surface area (Å²) in [5.74, 6) is 0.122. The number of ether oxygens (including phenoxy) is 1. The first-order valence-corrected chi connectivity index (χ1v) is 24.3. The van der Waals surface area contributed by atoms with Gasteiger partial charge in [0.15, 0.2) is 5.71 Å². The maximum atomic E-state index is 12.2. The van der Waals surface area contributed by atoms with Crippen molar-refractivity contribution in [1.29, 1.82) is 0 Å². The van der Waals surface area contributed by atoms with Crippen LogP contribution in [0, 0.1) is 0 Å². The number of para-hydroxylation sites is 1. The molecule has 0 unspecified atom stereocenters. The first-order valence-electron chi connectivity index (χ1n) is 21.2. The molecule has 0 radical (unpaired) electrons. The predicted molar refractivity (Wildman–Crippen MR) is 240 cm³/mol. The normalized spacial score (nSPS) is 18.7. The summed E-state index contributed by atoms with van der Waals surface area (Å²) in [6.45, 7) is 12.1. The predicted octanol–water partition coefficient (Wildman–Crippen LogP) is 9.87. The Balaban J connectivity index is 1.44. The number of allylic oxidation sites excluding steroid dienone is 7. The molecule has 0 bridgehead atoms. The fraction of sp³-hybridized carbons (Fsp3) is 0.417. The van der Waals surface area contributed by atoms with Crippen LogP contribution in [0.1, 0.15) is 109 Å². The quantitative estimate of drug-likeness (QED) is 0.0638. The molecule has 3 aromatic carbocycles. The lowest BCUT2D eigenvalue weighted by Gasteiger charge is -2.27. The topological polar surface area (TPSA) is 162 Å². The van der Waals surface area contributed by atoms with Gasteiger partial charge in [-0.05, 0) is 124 Å². The Hall–Kier alpha value is -4.82. The highest BCUT2D eigenvalue weighted by molar-refractivity contribution is 7.86. The van der Waals surface area contributed by atoms with Gasteiger partial charge in [-0.25, -0.2) is 0 Å². The van der Waals surface area contributed by atoms with Crippen molar-refractivity contribution >= 4 is 43.3 Å². The Morgan fingerprint density at radius 2 is 1.59 bits per heavy atom. The number of hydrogen-bond acceptors (Lipinski definition) is 7. The van der Waals surface area contributed by atoms with Gasteiger partial charge in [-0.1, -0.05) is 63.6 Å². The highest BCUT2D eigenvalue weighted by Gasteiger charge is 2.44. The van der Waals surface area contributed by atoms with Gasteiger partial charge < -0.3 is 14.7 Å². The van der Waals surface area contributed by atoms with E-state index in [0.717, 1.165) is 78.9 Å². The second-order valence-electron chi connectivity index (χ2n) is 17.2. The van der Waals surface area contributed by atoms with Gasteiger partial charge in [0.05, 0.1) is 16.1 Å². The molecule has 3 aromatic rings. The molecule has 0 atom stereocenters. The minimum absolute atomic E-state index is 0.0330. The molecule has 1 aliphatic carbocycles. The van der Waals surface area contributed by atoms with Crippen LogP contribution in [0.3, 0.4) is 0 Å². The van der Waals surface area contributed by atoms with E-state index in [2.05, 4.69) is 72.7 Å². The largest absolute Gasteiger partial charge is 0.481 e. The standard InChI is InChI=1S/C48H58N2O9S2/c1-6-7-10-30-49-41-17-9-8-16-39(41)47(2,3)43(49)27-21-35-14-13-15-36(46(35)59-37-23-18-34(19-24-37)20-29-45(51)52)22-28-44-48(4,5)40-33-38(61(56,57)58)25-26-42(40)50(44)31-11-12-32-60(53,54)55/h8-9,16-19,21-28,33H,6-7,10-15,20,29-32H2,1-5H3,(H2-,51,52,53,54,55,56,57,58)/p+1. The fourth-order valence-corrected chi connectivity index (χ4v) is 9.89. The summed E-state index contributed by atoms with van der Waals surface area (Å²) in [6.07, 6.45) is 15.3. The summed E-state index contributed by atoms with van der Waals surface area (Å²) in [4.78, 5) is 13.1. The lowest BCUT2D eigenvalue weighted by Crippen LogP contribution is -2.28. The summed E-state index contributed by atoms with van der Waals surface area (Å²) in [5.41, 5.74) is 7.99. The van der Waals surface area contributed by atoms with Crippen molar-refractivity contribution < 1.29 is 45.2 Å². The number of aliphatic carboxylic acids is 1. The molecule has 326 valence electrons. The molecule has 0 aromatic heterocycles. The zero-order valence-corrected chi connectivity index (χ0v) is 37.5. The molecular formula is C48H59N2O9S2+. The number of hydrogen-bond donors (Lipinski definition) is 3. The third-order valence-electron chi connectivity index (χ3n) is 12.1. The van der Waals surface area contributed by atoms with E-state index in [0.29, 0.717) is 30.7 Å². The van der Waals surface area contributed by atoms with Gasteiger partial charge in [0.1, 0.15) is 18.1 Å². The average Bonchev–Trinajstić information content (AvgIpc) is 3.55. The number of aryl methyl sites for hydroxylation is 1.